The fourth-order valence-electron chi connectivity index (χ4n) is 1.42. The van der Waals surface area contributed by atoms with Gasteiger partial charge in [0.05, 0.1) is 19.9 Å². The van der Waals surface area contributed by atoms with Crippen molar-refractivity contribution in [2.45, 2.75) is 0 Å². The summed E-state index contributed by atoms with van der Waals surface area (Å²) in [6.45, 7) is 4.67. The van der Waals surface area contributed by atoms with Crippen molar-refractivity contribution < 1.29 is 23.7 Å². The first kappa shape index (κ1) is 16.7. The van der Waals surface area contributed by atoms with Gasteiger partial charge in [0.2, 0.25) is 0 Å². The van der Waals surface area contributed by atoms with Crippen LogP contribution in [0.2, 0.25) is 0 Å². The van der Waals surface area contributed by atoms with E-state index in [0.29, 0.717) is 46.7 Å². The minimum absolute atomic E-state index is 0.182. The Balaban J connectivity index is 2.26. The van der Waals surface area contributed by atoms with Gasteiger partial charge in [-0.3, -0.25) is 9.80 Å². The van der Waals surface area contributed by atoms with Crippen molar-refractivity contribution in [1.29, 1.82) is 0 Å². The van der Waals surface area contributed by atoms with E-state index in [1.54, 1.807) is 0 Å². The lowest BCUT2D eigenvalue weighted by atomic mass is 10.6. The van der Waals surface area contributed by atoms with Gasteiger partial charge in [-0.2, -0.15) is 0 Å². The molecule has 0 atom stereocenters. The molecule has 8 nitrogen and oxygen atoms in total. The zero-order valence-electron chi connectivity index (χ0n) is 11.6. The van der Waals surface area contributed by atoms with Crippen molar-refractivity contribution >= 4 is 0 Å². The van der Waals surface area contributed by atoms with Crippen LogP contribution in [-0.4, -0.2) is 83.7 Å². The van der Waals surface area contributed by atoms with E-state index < -0.39 is 0 Å². The number of likely N-dealkylation sites (N-methyl/N-ethyl adjacent to an activating group) is 1. The molecule has 19 heavy (non-hydrogen) atoms. The molecule has 1 aliphatic rings. The van der Waals surface area contributed by atoms with Crippen molar-refractivity contribution in [3.8, 4) is 0 Å². The molecule has 0 aromatic rings. The summed E-state index contributed by atoms with van der Waals surface area (Å²) in [5, 5.41) is 0. The molecule has 1 saturated heterocycles. The summed E-state index contributed by atoms with van der Waals surface area (Å²) in [5.41, 5.74) is 5.30. The van der Waals surface area contributed by atoms with Crippen LogP contribution in [-0.2, 0) is 23.7 Å². The monoisotopic (exact) mass is 279 g/mol. The SMILES string of the molecule is CN1CCOCOCCN(COCN)COCOC1. The van der Waals surface area contributed by atoms with Crippen LogP contribution in [0.25, 0.3) is 0 Å². The summed E-state index contributed by atoms with van der Waals surface area (Å²) in [6, 6.07) is 0. The van der Waals surface area contributed by atoms with Gasteiger partial charge in [-0.15, -0.1) is 0 Å². The zero-order valence-corrected chi connectivity index (χ0v) is 11.6. The Morgan fingerprint density at radius 2 is 1.68 bits per heavy atom. The van der Waals surface area contributed by atoms with E-state index in [9.17, 15) is 0 Å². The zero-order chi connectivity index (χ0) is 13.8. The molecule has 0 radical (unpaired) electrons. The second kappa shape index (κ2) is 11.5. The first-order valence-corrected chi connectivity index (χ1v) is 6.32. The highest BCUT2D eigenvalue weighted by molar-refractivity contribution is 4.47. The predicted octanol–water partition coefficient (Wildman–Crippen LogP) is -0.979. The van der Waals surface area contributed by atoms with Gasteiger partial charge in [0, 0.05) is 13.1 Å². The lowest BCUT2D eigenvalue weighted by Crippen LogP contribution is -2.34. The van der Waals surface area contributed by atoms with Gasteiger partial charge >= 0.3 is 0 Å². The minimum Gasteiger partial charge on any atom is -0.354 e. The maximum absolute atomic E-state index is 5.41. The molecule has 1 rings (SSSR count). The van der Waals surface area contributed by atoms with Crippen LogP contribution in [0.5, 0.6) is 0 Å². The fourth-order valence-corrected chi connectivity index (χ4v) is 1.42. The number of ether oxygens (including phenoxy) is 5. The van der Waals surface area contributed by atoms with E-state index in [0.717, 1.165) is 6.54 Å². The van der Waals surface area contributed by atoms with E-state index in [4.69, 9.17) is 29.4 Å². The van der Waals surface area contributed by atoms with Crippen LogP contribution in [0.3, 0.4) is 0 Å². The average Bonchev–Trinajstić information content (AvgIpc) is 2.41. The molecule has 0 aromatic carbocycles. The Hall–Kier alpha value is -0.320. The fraction of sp³-hybridized carbons (Fsp3) is 1.00. The summed E-state index contributed by atoms with van der Waals surface area (Å²) >= 11 is 0. The van der Waals surface area contributed by atoms with Gasteiger partial charge in [-0.25, -0.2) is 0 Å². The van der Waals surface area contributed by atoms with Crippen LogP contribution in [0.15, 0.2) is 0 Å². The molecular formula is C11H25N3O5. The minimum atomic E-state index is 0.182. The molecule has 0 saturated carbocycles. The molecule has 0 aliphatic carbocycles. The first-order chi connectivity index (χ1) is 9.33. The normalized spacial score (nSPS) is 23.1. The summed E-state index contributed by atoms with van der Waals surface area (Å²) in [5.74, 6) is 0. The summed E-state index contributed by atoms with van der Waals surface area (Å²) < 4.78 is 26.6. The molecule has 1 fully saturated rings. The largest absolute Gasteiger partial charge is 0.354 e. The Labute approximate surface area is 114 Å². The van der Waals surface area contributed by atoms with Crippen LogP contribution < -0.4 is 5.73 Å². The summed E-state index contributed by atoms with van der Waals surface area (Å²) in [4.78, 5) is 3.94. The van der Waals surface area contributed by atoms with Gasteiger partial charge < -0.3 is 29.4 Å². The third-order valence-electron chi connectivity index (χ3n) is 2.48. The topological polar surface area (TPSA) is 78.7 Å². The van der Waals surface area contributed by atoms with E-state index in [2.05, 4.69) is 0 Å². The molecule has 0 bridgehead atoms. The van der Waals surface area contributed by atoms with Crippen molar-refractivity contribution in [2.24, 2.45) is 5.73 Å². The lowest BCUT2D eigenvalue weighted by Gasteiger charge is -2.23. The van der Waals surface area contributed by atoms with Gasteiger partial charge in [0.15, 0.2) is 0 Å². The molecule has 1 aliphatic heterocycles. The van der Waals surface area contributed by atoms with E-state index in [-0.39, 0.29) is 13.5 Å². The van der Waals surface area contributed by atoms with Crippen LogP contribution in [0.1, 0.15) is 0 Å². The van der Waals surface area contributed by atoms with Gasteiger partial charge in [0.1, 0.15) is 33.8 Å². The molecule has 0 unspecified atom stereocenters. The molecule has 2 N–H and O–H groups in total. The highest BCUT2D eigenvalue weighted by Crippen LogP contribution is 1.94. The van der Waals surface area contributed by atoms with Crippen molar-refractivity contribution in [3.63, 3.8) is 0 Å². The number of rotatable bonds is 3. The molecule has 0 aromatic heterocycles. The van der Waals surface area contributed by atoms with Crippen LogP contribution in [0, 0.1) is 0 Å². The number of nitrogens with two attached hydrogens (primary N) is 1. The molecule has 8 heteroatoms. The highest BCUT2D eigenvalue weighted by Gasteiger charge is 2.06. The van der Waals surface area contributed by atoms with Crippen molar-refractivity contribution in [2.75, 3.05) is 73.9 Å². The third kappa shape index (κ3) is 9.25. The van der Waals surface area contributed by atoms with Crippen molar-refractivity contribution in [1.82, 2.24) is 9.80 Å². The Morgan fingerprint density at radius 3 is 2.47 bits per heavy atom. The Bertz CT molecular complexity index is 211. The van der Waals surface area contributed by atoms with E-state index in [1.807, 2.05) is 16.8 Å². The van der Waals surface area contributed by atoms with Crippen LogP contribution >= 0.6 is 0 Å². The summed E-state index contributed by atoms with van der Waals surface area (Å²) in [6.07, 6.45) is 0. The molecular weight excluding hydrogens is 254 g/mol. The number of hydrogen-bond donors (Lipinski definition) is 1. The van der Waals surface area contributed by atoms with Crippen molar-refractivity contribution in [3.05, 3.63) is 0 Å². The quantitative estimate of drug-likeness (QED) is 0.661. The maximum Gasteiger partial charge on any atom is 0.150 e. The predicted molar refractivity (Wildman–Crippen MR) is 67.9 cm³/mol. The standard InChI is InChI=1S/C11H25N3O5/c1-13-2-4-15-10-16-5-3-14(8-17-6-12)9-19-11-18-7-13/h2-12H2,1H3. The van der Waals surface area contributed by atoms with Gasteiger partial charge in [0.25, 0.3) is 0 Å². The molecule has 114 valence electrons. The lowest BCUT2D eigenvalue weighted by molar-refractivity contribution is -0.142. The van der Waals surface area contributed by atoms with E-state index in [1.165, 1.54) is 0 Å². The average molecular weight is 279 g/mol. The molecule has 1 heterocycles. The second-order valence-corrected chi connectivity index (χ2v) is 4.19. The Morgan fingerprint density at radius 1 is 1.00 bits per heavy atom. The first-order valence-electron chi connectivity index (χ1n) is 6.32. The second-order valence-electron chi connectivity index (χ2n) is 4.19. The third-order valence-corrected chi connectivity index (χ3v) is 2.48. The van der Waals surface area contributed by atoms with Gasteiger partial charge in [-0.05, 0) is 7.05 Å². The van der Waals surface area contributed by atoms with Gasteiger partial charge in [-0.1, -0.05) is 0 Å². The molecule has 0 spiro atoms. The van der Waals surface area contributed by atoms with E-state index >= 15 is 0 Å². The number of hydrogen-bond acceptors (Lipinski definition) is 8. The maximum atomic E-state index is 5.41. The highest BCUT2D eigenvalue weighted by atomic mass is 16.7. The molecule has 0 amide bonds. The van der Waals surface area contributed by atoms with Crippen LogP contribution in [0.4, 0.5) is 0 Å². The smallest absolute Gasteiger partial charge is 0.150 e. The number of nitrogens with zero attached hydrogens (tertiary/aromatic N) is 2. The Kier molecular flexibility index (Phi) is 10.1. The summed E-state index contributed by atoms with van der Waals surface area (Å²) in [7, 11) is 1.96.